The van der Waals surface area contributed by atoms with E-state index in [-0.39, 0.29) is 0 Å². The molecule has 2 nitrogen and oxygen atoms in total. The number of benzene rings is 1. The number of nitriles is 1. The van der Waals surface area contributed by atoms with Gasteiger partial charge >= 0.3 is 0 Å². The maximum atomic E-state index is 8.96. The fraction of sp³-hybridized carbons (Fsp3) is 0.462. The van der Waals surface area contributed by atoms with Crippen LogP contribution in [0.1, 0.15) is 31.7 Å². The number of hydrogen-bond donors (Lipinski definition) is 0. The molecule has 0 bridgehead atoms. The van der Waals surface area contributed by atoms with Crippen LogP contribution >= 0.6 is 15.9 Å². The molecule has 1 fully saturated rings. The normalized spacial score (nSPS) is 14.6. The van der Waals surface area contributed by atoms with Gasteiger partial charge in [0.05, 0.1) is 11.6 Å². The maximum absolute atomic E-state index is 8.96. The molecule has 0 N–H and O–H groups in total. The molecule has 0 radical (unpaired) electrons. The number of nitrogens with zero attached hydrogens (tertiary/aromatic N) is 2. The van der Waals surface area contributed by atoms with Crippen LogP contribution in [-0.4, -0.2) is 12.6 Å². The first-order valence-corrected chi connectivity index (χ1v) is 6.51. The molecule has 0 heterocycles. The summed E-state index contributed by atoms with van der Waals surface area (Å²) in [5, 5.41) is 8.96. The number of halogens is 1. The average Bonchev–Trinajstić information content (AvgIpc) is 3.08. The molecule has 84 valence electrons. The van der Waals surface area contributed by atoms with Crippen molar-refractivity contribution in [2.75, 3.05) is 11.4 Å². The van der Waals surface area contributed by atoms with Crippen molar-refractivity contribution in [2.24, 2.45) is 0 Å². The zero-order chi connectivity index (χ0) is 11.5. The van der Waals surface area contributed by atoms with Crippen LogP contribution in [0.4, 0.5) is 5.69 Å². The summed E-state index contributed by atoms with van der Waals surface area (Å²) in [4.78, 5) is 2.42. The van der Waals surface area contributed by atoms with Crippen molar-refractivity contribution >= 4 is 21.6 Å². The Kier molecular flexibility index (Phi) is 3.50. The zero-order valence-corrected chi connectivity index (χ0v) is 11.0. The summed E-state index contributed by atoms with van der Waals surface area (Å²) in [5.74, 6) is 0. The average molecular weight is 279 g/mol. The van der Waals surface area contributed by atoms with Gasteiger partial charge in [-0.25, -0.2) is 0 Å². The highest BCUT2D eigenvalue weighted by atomic mass is 79.9. The van der Waals surface area contributed by atoms with Crippen molar-refractivity contribution in [3.05, 3.63) is 28.2 Å². The number of rotatable bonds is 4. The molecule has 0 unspecified atom stereocenters. The van der Waals surface area contributed by atoms with E-state index < -0.39 is 0 Å². The van der Waals surface area contributed by atoms with E-state index in [1.54, 1.807) is 0 Å². The second-order valence-corrected chi connectivity index (χ2v) is 5.15. The minimum Gasteiger partial charge on any atom is -0.368 e. The van der Waals surface area contributed by atoms with E-state index in [2.05, 4.69) is 39.9 Å². The summed E-state index contributed by atoms with van der Waals surface area (Å²) in [6.45, 7) is 3.27. The fourth-order valence-electron chi connectivity index (χ4n) is 1.95. The van der Waals surface area contributed by atoms with Crippen LogP contribution in [0.5, 0.6) is 0 Å². The Morgan fingerprint density at radius 2 is 2.19 bits per heavy atom. The fourth-order valence-corrected chi connectivity index (χ4v) is 2.44. The predicted octanol–water partition coefficient (Wildman–Crippen LogP) is 3.70. The molecule has 1 aliphatic rings. The van der Waals surface area contributed by atoms with Crippen LogP contribution in [0.25, 0.3) is 0 Å². The lowest BCUT2D eigenvalue weighted by Gasteiger charge is -2.24. The summed E-state index contributed by atoms with van der Waals surface area (Å²) in [6, 6.07) is 8.86. The third-order valence-electron chi connectivity index (χ3n) is 2.80. The highest BCUT2D eigenvalue weighted by Gasteiger charge is 2.28. The Balaban J connectivity index is 2.29. The molecule has 1 aromatic carbocycles. The topological polar surface area (TPSA) is 27.0 Å². The number of anilines is 1. The molecular weight excluding hydrogens is 264 g/mol. The lowest BCUT2D eigenvalue weighted by Crippen LogP contribution is -2.26. The maximum Gasteiger partial charge on any atom is 0.0992 e. The van der Waals surface area contributed by atoms with Crippen LogP contribution in [0.3, 0.4) is 0 Å². The minimum atomic E-state index is 0.695. The summed E-state index contributed by atoms with van der Waals surface area (Å²) in [7, 11) is 0. The molecule has 3 heteroatoms. The van der Waals surface area contributed by atoms with E-state index in [1.807, 2.05) is 12.1 Å². The predicted molar refractivity (Wildman–Crippen MR) is 69.5 cm³/mol. The second-order valence-electron chi connectivity index (χ2n) is 4.23. The molecule has 16 heavy (non-hydrogen) atoms. The van der Waals surface area contributed by atoms with E-state index in [4.69, 9.17) is 5.26 Å². The Hall–Kier alpha value is -1.01. The van der Waals surface area contributed by atoms with Gasteiger partial charge in [0, 0.05) is 22.7 Å². The van der Waals surface area contributed by atoms with Gasteiger partial charge in [-0.05, 0) is 37.5 Å². The molecule has 1 saturated carbocycles. The van der Waals surface area contributed by atoms with Crippen molar-refractivity contribution in [3.8, 4) is 6.07 Å². The Morgan fingerprint density at radius 1 is 1.44 bits per heavy atom. The third kappa shape index (κ3) is 2.56. The highest BCUT2D eigenvalue weighted by Crippen LogP contribution is 2.33. The van der Waals surface area contributed by atoms with Gasteiger partial charge in [-0.2, -0.15) is 5.26 Å². The van der Waals surface area contributed by atoms with E-state index in [0.29, 0.717) is 6.04 Å². The smallest absolute Gasteiger partial charge is 0.0992 e. The SMILES string of the molecule is CCCN(c1cc(Br)cc(C#N)c1)C1CC1. The van der Waals surface area contributed by atoms with Gasteiger partial charge < -0.3 is 4.90 Å². The van der Waals surface area contributed by atoms with Gasteiger partial charge in [-0.1, -0.05) is 22.9 Å². The minimum absolute atomic E-state index is 0.695. The van der Waals surface area contributed by atoms with Crippen LogP contribution in [0, 0.1) is 11.3 Å². The molecule has 2 rings (SSSR count). The molecule has 0 aromatic heterocycles. The Bertz CT molecular complexity index is 418. The van der Waals surface area contributed by atoms with Crippen LogP contribution in [0.2, 0.25) is 0 Å². The summed E-state index contributed by atoms with van der Waals surface area (Å²) < 4.78 is 0.989. The summed E-state index contributed by atoms with van der Waals surface area (Å²) >= 11 is 3.46. The zero-order valence-electron chi connectivity index (χ0n) is 9.41. The standard InChI is InChI=1S/C13H15BrN2/c1-2-5-16(12-3-4-12)13-7-10(9-15)6-11(14)8-13/h6-8,12H,2-5H2,1H3. The van der Waals surface area contributed by atoms with Gasteiger partial charge in [0.2, 0.25) is 0 Å². The van der Waals surface area contributed by atoms with Gasteiger partial charge in [-0.3, -0.25) is 0 Å². The quantitative estimate of drug-likeness (QED) is 0.840. The van der Waals surface area contributed by atoms with Crippen molar-refractivity contribution in [1.29, 1.82) is 5.26 Å². The van der Waals surface area contributed by atoms with Gasteiger partial charge in [0.15, 0.2) is 0 Å². The van der Waals surface area contributed by atoms with Crippen LogP contribution in [-0.2, 0) is 0 Å². The van der Waals surface area contributed by atoms with Gasteiger partial charge in [0.1, 0.15) is 0 Å². The lowest BCUT2D eigenvalue weighted by atomic mass is 10.2. The van der Waals surface area contributed by atoms with Crippen molar-refractivity contribution in [1.82, 2.24) is 0 Å². The van der Waals surface area contributed by atoms with E-state index in [0.717, 1.165) is 23.0 Å². The van der Waals surface area contributed by atoms with Crippen LogP contribution in [0.15, 0.2) is 22.7 Å². The molecular formula is C13H15BrN2. The second kappa shape index (κ2) is 4.88. The van der Waals surface area contributed by atoms with Crippen molar-refractivity contribution in [2.45, 2.75) is 32.2 Å². The van der Waals surface area contributed by atoms with Crippen molar-refractivity contribution in [3.63, 3.8) is 0 Å². The first-order chi connectivity index (χ1) is 7.74. The van der Waals surface area contributed by atoms with E-state index >= 15 is 0 Å². The first kappa shape index (κ1) is 11.5. The number of hydrogen-bond acceptors (Lipinski definition) is 2. The van der Waals surface area contributed by atoms with Gasteiger partial charge in [-0.15, -0.1) is 0 Å². The molecule has 0 spiro atoms. The molecule has 0 atom stereocenters. The molecule has 1 aliphatic carbocycles. The molecule has 0 saturated heterocycles. The molecule has 0 aliphatic heterocycles. The lowest BCUT2D eigenvalue weighted by molar-refractivity contribution is 0.763. The summed E-state index contributed by atoms with van der Waals surface area (Å²) in [5.41, 5.74) is 1.90. The Morgan fingerprint density at radius 3 is 2.75 bits per heavy atom. The Labute approximate surface area is 105 Å². The van der Waals surface area contributed by atoms with Gasteiger partial charge in [0.25, 0.3) is 0 Å². The van der Waals surface area contributed by atoms with E-state index in [9.17, 15) is 0 Å². The monoisotopic (exact) mass is 278 g/mol. The largest absolute Gasteiger partial charge is 0.368 e. The third-order valence-corrected chi connectivity index (χ3v) is 3.25. The highest BCUT2D eigenvalue weighted by molar-refractivity contribution is 9.10. The molecule has 0 amide bonds. The van der Waals surface area contributed by atoms with E-state index in [1.165, 1.54) is 18.5 Å². The van der Waals surface area contributed by atoms with Crippen LogP contribution < -0.4 is 4.90 Å². The van der Waals surface area contributed by atoms with Crippen molar-refractivity contribution < 1.29 is 0 Å². The first-order valence-electron chi connectivity index (χ1n) is 5.72. The molecule has 1 aromatic rings. The summed E-state index contributed by atoms with van der Waals surface area (Å²) in [6.07, 6.45) is 3.72.